The molecule has 1 atom stereocenters. The summed E-state index contributed by atoms with van der Waals surface area (Å²) in [6.45, 7) is 2.09. The number of aromatic amines is 1. The molecule has 0 aliphatic rings. The van der Waals surface area contributed by atoms with E-state index in [4.69, 9.17) is 10.5 Å². The molecule has 3 N–H and O–H groups in total. The van der Waals surface area contributed by atoms with E-state index in [0.29, 0.717) is 6.61 Å². The van der Waals surface area contributed by atoms with Crippen LogP contribution in [-0.2, 0) is 9.53 Å². The van der Waals surface area contributed by atoms with Gasteiger partial charge in [0.05, 0.1) is 6.61 Å². The fraction of sp³-hybridized carbons (Fsp3) is 0.250. The average molecular weight is 334 g/mol. The molecule has 2 rings (SSSR count). The minimum atomic E-state index is -0.752. The van der Waals surface area contributed by atoms with Crippen LogP contribution in [0.3, 0.4) is 0 Å². The summed E-state index contributed by atoms with van der Waals surface area (Å²) in [6, 6.07) is 5.04. The first-order valence-corrected chi connectivity index (χ1v) is 6.11. The van der Waals surface area contributed by atoms with Crippen molar-refractivity contribution < 1.29 is 9.53 Å². The highest BCUT2D eigenvalue weighted by atomic mass is 79.9. The first-order chi connectivity index (χ1) is 8.13. The molecule has 1 unspecified atom stereocenters. The molecule has 0 radical (unpaired) electrons. The molecule has 0 aliphatic heterocycles. The molecular weight excluding hydrogens is 320 g/mol. The van der Waals surface area contributed by atoms with Crippen LogP contribution in [0, 0.1) is 0 Å². The first-order valence-electron chi connectivity index (χ1n) is 5.32. The molecule has 1 heterocycles. The number of H-pyrrole nitrogens is 1. The summed E-state index contributed by atoms with van der Waals surface area (Å²) in [5.74, 6) is -0.409. The number of ether oxygens (including phenoxy) is 1. The lowest BCUT2D eigenvalue weighted by atomic mass is 10.1. The lowest BCUT2D eigenvalue weighted by molar-refractivity contribution is -0.144. The van der Waals surface area contributed by atoms with Crippen LogP contribution in [0.2, 0.25) is 0 Å². The number of aromatic nitrogens is 1. The van der Waals surface area contributed by atoms with E-state index in [1.807, 2.05) is 18.2 Å². The number of hydrogen-bond acceptors (Lipinski definition) is 3. The Kier molecular flexibility index (Phi) is 5.19. The minimum absolute atomic E-state index is 0. The first kappa shape index (κ1) is 15.0. The van der Waals surface area contributed by atoms with Gasteiger partial charge in [0.15, 0.2) is 0 Å². The topological polar surface area (TPSA) is 68.1 Å². The van der Waals surface area contributed by atoms with Crippen molar-refractivity contribution in [2.45, 2.75) is 13.0 Å². The van der Waals surface area contributed by atoms with Crippen LogP contribution in [0.1, 0.15) is 18.5 Å². The van der Waals surface area contributed by atoms with Crippen molar-refractivity contribution in [1.29, 1.82) is 0 Å². The highest BCUT2D eigenvalue weighted by molar-refractivity contribution is 9.10. The van der Waals surface area contributed by atoms with Crippen molar-refractivity contribution >= 4 is 45.2 Å². The molecule has 0 amide bonds. The highest BCUT2D eigenvalue weighted by Crippen LogP contribution is 2.26. The Morgan fingerprint density at radius 2 is 2.28 bits per heavy atom. The number of benzene rings is 1. The number of esters is 1. The lowest BCUT2D eigenvalue weighted by Crippen LogP contribution is -2.23. The zero-order chi connectivity index (χ0) is 12.4. The number of rotatable bonds is 3. The minimum Gasteiger partial charge on any atom is -0.465 e. The Morgan fingerprint density at radius 3 is 2.94 bits per heavy atom. The number of hydrogen-bond donors (Lipinski definition) is 2. The van der Waals surface area contributed by atoms with Crippen molar-refractivity contribution in [2.75, 3.05) is 6.61 Å². The molecule has 0 saturated carbocycles. The summed E-state index contributed by atoms with van der Waals surface area (Å²) >= 11 is 3.40. The second kappa shape index (κ2) is 6.22. The van der Waals surface area contributed by atoms with E-state index in [-0.39, 0.29) is 12.4 Å². The van der Waals surface area contributed by atoms with Gasteiger partial charge in [-0.1, -0.05) is 15.9 Å². The molecule has 1 aromatic heterocycles. The standard InChI is InChI=1S/C12H13BrN2O2.ClH/c1-2-17-12(16)11(14)9-6-15-10-4-3-7(13)5-8(9)10;/h3-6,11,15H,2,14H2,1H3;1H. The zero-order valence-corrected chi connectivity index (χ0v) is 12.2. The van der Waals surface area contributed by atoms with Gasteiger partial charge in [-0.2, -0.15) is 0 Å². The number of fused-ring (bicyclic) bond motifs is 1. The maximum atomic E-state index is 11.6. The van der Waals surface area contributed by atoms with Crippen LogP contribution in [0.25, 0.3) is 10.9 Å². The highest BCUT2D eigenvalue weighted by Gasteiger charge is 2.20. The zero-order valence-electron chi connectivity index (χ0n) is 9.77. The van der Waals surface area contributed by atoms with Crippen molar-refractivity contribution in [3.63, 3.8) is 0 Å². The fourth-order valence-electron chi connectivity index (χ4n) is 1.73. The third-order valence-electron chi connectivity index (χ3n) is 2.55. The van der Waals surface area contributed by atoms with Crippen LogP contribution >= 0.6 is 28.3 Å². The van der Waals surface area contributed by atoms with Crippen molar-refractivity contribution in [2.24, 2.45) is 5.73 Å². The Hall–Kier alpha value is -1.04. The van der Waals surface area contributed by atoms with Gasteiger partial charge in [-0.3, -0.25) is 0 Å². The Labute approximate surface area is 119 Å². The monoisotopic (exact) mass is 332 g/mol. The molecule has 1 aromatic carbocycles. The number of halogens is 2. The van der Waals surface area contributed by atoms with E-state index >= 15 is 0 Å². The Balaban J connectivity index is 0.00000162. The molecule has 0 spiro atoms. The van der Waals surface area contributed by atoms with Gasteiger partial charge in [-0.25, -0.2) is 4.79 Å². The summed E-state index contributed by atoms with van der Waals surface area (Å²) < 4.78 is 5.86. The molecule has 4 nitrogen and oxygen atoms in total. The quantitative estimate of drug-likeness (QED) is 0.849. The van der Waals surface area contributed by atoms with E-state index in [9.17, 15) is 4.79 Å². The Morgan fingerprint density at radius 1 is 1.56 bits per heavy atom. The van der Waals surface area contributed by atoms with Gasteiger partial charge in [0.2, 0.25) is 0 Å². The predicted octanol–water partition coefficient (Wildman–Crippen LogP) is 2.92. The maximum Gasteiger partial charge on any atom is 0.327 e. The van der Waals surface area contributed by atoms with Gasteiger partial charge in [0.25, 0.3) is 0 Å². The second-order valence-corrected chi connectivity index (χ2v) is 4.58. The van der Waals surface area contributed by atoms with Crippen LogP contribution in [-0.4, -0.2) is 17.6 Å². The number of nitrogens with one attached hydrogen (secondary N) is 1. The summed E-state index contributed by atoms with van der Waals surface area (Å²) in [5, 5.41) is 0.930. The molecular formula is C12H14BrClN2O2. The van der Waals surface area contributed by atoms with Crippen molar-refractivity contribution in [3.05, 3.63) is 34.4 Å². The molecule has 2 aromatic rings. The summed E-state index contributed by atoms with van der Waals surface area (Å²) in [4.78, 5) is 14.7. The Bertz CT molecular complexity index is 556. The van der Waals surface area contributed by atoms with E-state index in [2.05, 4.69) is 20.9 Å². The summed E-state index contributed by atoms with van der Waals surface area (Å²) in [6.07, 6.45) is 1.75. The SMILES string of the molecule is CCOC(=O)C(N)c1c[nH]c2ccc(Br)cc12.Cl. The number of nitrogens with two attached hydrogens (primary N) is 1. The van der Waals surface area contributed by atoms with Crippen LogP contribution < -0.4 is 5.73 Å². The van der Waals surface area contributed by atoms with Gasteiger partial charge in [0.1, 0.15) is 6.04 Å². The summed E-state index contributed by atoms with van der Waals surface area (Å²) in [5.41, 5.74) is 7.57. The van der Waals surface area contributed by atoms with Gasteiger partial charge >= 0.3 is 5.97 Å². The van der Waals surface area contributed by atoms with E-state index in [1.54, 1.807) is 13.1 Å². The van der Waals surface area contributed by atoms with Gasteiger partial charge in [-0.15, -0.1) is 12.4 Å². The molecule has 18 heavy (non-hydrogen) atoms. The van der Waals surface area contributed by atoms with Crippen LogP contribution in [0.5, 0.6) is 0 Å². The predicted molar refractivity (Wildman–Crippen MR) is 76.8 cm³/mol. The molecule has 0 saturated heterocycles. The molecule has 0 bridgehead atoms. The second-order valence-electron chi connectivity index (χ2n) is 3.66. The van der Waals surface area contributed by atoms with E-state index in [0.717, 1.165) is 20.9 Å². The normalized spacial score (nSPS) is 11.9. The number of carbonyl (C=O) groups is 1. The van der Waals surface area contributed by atoms with Gasteiger partial charge < -0.3 is 15.5 Å². The average Bonchev–Trinajstić information content (AvgIpc) is 2.71. The smallest absolute Gasteiger partial charge is 0.327 e. The lowest BCUT2D eigenvalue weighted by Gasteiger charge is -2.09. The van der Waals surface area contributed by atoms with E-state index < -0.39 is 12.0 Å². The van der Waals surface area contributed by atoms with Gasteiger partial charge in [0, 0.05) is 27.1 Å². The van der Waals surface area contributed by atoms with Crippen molar-refractivity contribution in [1.82, 2.24) is 4.98 Å². The largest absolute Gasteiger partial charge is 0.465 e. The fourth-order valence-corrected chi connectivity index (χ4v) is 2.09. The molecule has 0 aliphatic carbocycles. The summed E-state index contributed by atoms with van der Waals surface area (Å²) in [7, 11) is 0. The third kappa shape index (κ3) is 2.85. The third-order valence-corrected chi connectivity index (χ3v) is 3.04. The van der Waals surface area contributed by atoms with Gasteiger partial charge in [-0.05, 0) is 25.1 Å². The maximum absolute atomic E-state index is 11.6. The number of carbonyl (C=O) groups excluding carboxylic acids is 1. The van der Waals surface area contributed by atoms with Crippen molar-refractivity contribution in [3.8, 4) is 0 Å². The van der Waals surface area contributed by atoms with Crippen LogP contribution in [0.15, 0.2) is 28.9 Å². The molecule has 0 fully saturated rings. The van der Waals surface area contributed by atoms with E-state index in [1.165, 1.54) is 0 Å². The molecule has 98 valence electrons. The van der Waals surface area contributed by atoms with Crippen LogP contribution in [0.4, 0.5) is 0 Å². The molecule has 6 heteroatoms.